The predicted molar refractivity (Wildman–Crippen MR) is 304 cm³/mol. The minimum Gasteiger partial charge on any atom is -0.394 e. The van der Waals surface area contributed by atoms with Crippen molar-refractivity contribution in [2.75, 3.05) is 19.8 Å². The van der Waals surface area contributed by atoms with Crippen LogP contribution in [0.25, 0.3) is 0 Å². The quantitative estimate of drug-likeness (QED) is 0.0205. The van der Waals surface area contributed by atoms with E-state index in [1.165, 1.54) is 64.2 Å². The van der Waals surface area contributed by atoms with E-state index in [4.69, 9.17) is 18.9 Å². The second kappa shape index (κ2) is 46.8. The first-order valence-corrected chi connectivity index (χ1v) is 29.5. The van der Waals surface area contributed by atoms with Crippen molar-refractivity contribution >= 4 is 5.91 Å². The minimum absolute atomic E-state index is 0.256. The summed E-state index contributed by atoms with van der Waals surface area (Å²) in [6.07, 6.45) is 47.3. The fraction of sp³-hybridized carbons (Fsp3) is 0.726. The molecule has 12 atom stereocenters. The molecule has 2 aliphatic heterocycles. The molecule has 12 unspecified atom stereocenters. The summed E-state index contributed by atoms with van der Waals surface area (Å²) in [7, 11) is 0. The molecule has 0 saturated carbocycles. The van der Waals surface area contributed by atoms with Crippen LogP contribution in [0.3, 0.4) is 0 Å². The third kappa shape index (κ3) is 32.1. The van der Waals surface area contributed by atoms with Crippen molar-refractivity contribution in [2.24, 2.45) is 0 Å². The molecular formula is C62H105NO13. The van der Waals surface area contributed by atoms with Crippen LogP contribution in [-0.2, 0) is 23.7 Å². The summed E-state index contributed by atoms with van der Waals surface area (Å²) in [5.41, 5.74) is 0. The number of allylic oxidation sites excluding steroid dienone is 15. The van der Waals surface area contributed by atoms with Crippen LogP contribution >= 0.6 is 0 Å². The van der Waals surface area contributed by atoms with E-state index in [9.17, 15) is 45.6 Å². The Morgan fingerprint density at radius 2 is 0.908 bits per heavy atom. The van der Waals surface area contributed by atoms with Gasteiger partial charge in [0.05, 0.1) is 32.0 Å². The van der Waals surface area contributed by atoms with E-state index < -0.39 is 86.8 Å². The van der Waals surface area contributed by atoms with E-state index >= 15 is 0 Å². The summed E-state index contributed by atoms with van der Waals surface area (Å²) in [6, 6.07) is -0.927. The highest BCUT2D eigenvalue weighted by molar-refractivity contribution is 5.76. The molecule has 14 nitrogen and oxygen atoms in total. The van der Waals surface area contributed by atoms with Crippen LogP contribution < -0.4 is 5.32 Å². The highest BCUT2D eigenvalue weighted by atomic mass is 16.7. The Morgan fingerprint density at radius 3 is 1.39 bits per heavy atom. The lowest BCUT2D eigenvalue weighted by atomic mass is 9.97. The van der Waals surface area contributed by atoms with Gasteiger partial charge in [-0.3, -0.25) is 4.79 Å². The fourth-order valence-electron chi connectivity index (χ4n) is 9.03. The lowest BCUT2D eigenvalue weighted by Gasteiger charge is -2.46. The first kappa shape index (κ1) is 69.0. The summed E-state index contributed by atoms with van der Waals surface area (Å²) in [5, 5.41) is 87.0. The van der Waals surface area contributed by atoms with Crippen molar-refractivity contribution < 1.29 is 64.6 Å². The number of carbonyl (C=O) groups excluding carboxylic acids is 1. The molecule has 14 heteroatoms. The molecule has 436 valence electrons. The van der Waals surface area contributed by atoms with Crippen LogP contribution in [0.1, 0.15) is 194 Å². The fourth-order valence-corrected chi connectivity index (χ4v) is 9.03. The maximum atomic E-state index is 13.2. The Morgan fingerprint density at radius 1 is 0.487 bits per heavy atom. The van der Waals surface area contributed by atoms with Gasteiger partial charge in [-0.05, 0) is 77.0 Å². The Kier molecular flexibility index (Phi) is 42.5. The van der Waals surface area contributed by atoms with Gasteiger partial charge in [0, 0.05) is 6.42 Å². The number of ether oxygens (including phenoxy) is 4. The van der Waals surface area contributed by atoms with Gasteiger partial charge < -0.3 is 65.1 Å². The van der Waals surface area contributed by atoms with Crippen LogP contribution in [-0.4, -0.2) is 140 Å². The van der Waals surface area contributed by atoms with Gasteiger partial charge in [0.1, 0.15) is 48.8 Å². The van der Waals surface area contributed by atoms with Crippen LogP contribution in [0.2, 0.25) is 0 Å². The lowest BCUT2D eigenvalue weighted by molar-refractivity contribution is -0.359. The van der Waals surface area contributed by atoms with E-state index in [-0.39, 0.29) is 18.9 Å². The highest BCUT2D eigenvalue weighted by Gasteiger charge is 2.51. The van der Waals surface area contributed by atoms with Crippen LogP contribution in [0.4, 0.5) is 0 Å². The molecule has 76 heavy (non-hydrogen) atoms. The summed E-state index contributed by atoms with van der Waals surface area (Å²) in [4.78, 5) is 13.2. The molecule has 0 bridgehead atoms. The standard InChI is InChI=1S/C62H105NO13/c1-3-5-7-9-11-13-15-17-18-19-20-21-22-23-24-25-26-27-28-29-30-31-32-34-36-38-40-42-44-46-54(67)63-50(51(66)45-43-41-39-37-35-33-16-14-12-10-8-6-4-2)49-73-61-59(72)57(70)60(53(48-65)75-61)76-62-58(71)56(69)55(68)52(47-64)74-62/h5,7,11,13,17-18,20-21,23-24,26-27,29-30,43,45,50-53,55-62,64-66,68-72H,3-4,6,8-10,12,14-16,19,22,25,28,31-42,44,46-49H2,1-2H3,(H,63,67)/b7-5-,13-11-,18-17-,21-20-,24-23-,27-26-,30-29-,45-43+. The highest BCUT2D eigenvalue weighted by Crippen LogP contribution is 2.30. The van der Waals surface area contributed by atoms with Crippen molar-refractivity contribution in [3.05, 3.63) is 97.2 Å². The third-order valence-corrected chi connectivity index (χ3v) is 13.8. The second-order valence-corrected chi connectivity index (χ2v) is 20.4. The van der Waals surface area contributed by atoms with Gasteiger partial charge >= 0.3 is 0 Å². The van der Waals surface area contributed by atoms with Crippen molar-refractivity contribution in [3.8, 4) is 0 Å². The number of carbonyl (C=O) groups is 1. The molecule has 0 aliphatic carbocycles. The first-order valence-electron chi connectivity index (χ1n) is 29.5. The second-order valence-electron chi connectivity index (χ2n) is 20.4. The predicted octanol–water partition coefficient (Wildman–Crippen LogP) is 9.89. The zero-order valence-corrected chi connectivity index (χ0v) is 46.7. The molecular weight excluding hydrogens is 967 g/mol. The van der Waals surface area contributed by atoms with E-state index in [0.717, 1.165) is 103 Å². The van der Waals surface area contributed by atoms with Crippen LogP contribution in [0.5, 0.6) is 0 Å². The zero-order valence-electron chi connectivity index (χ0n) is 46.7. The normalized spacial score (nSPS) is 25.6. The number of amides is 1. The van der Waals surface area contributed by atoms with E-state index in [0.29, 0.717) is 6.42 Å². The van der Waals surface area contributed by atoms with E-state index in [1.54, 1.807) is 6.08 Å². The molecule has 0 aromatic heterocycles. The summed E-state index contributed by atoms with van der Waals surface area (Å²) in [5.74, 6) is -0.256. The third-order valence-electron chi connectivity index (χ3n) is 13.8. The molecule has 0 spiro atoms. The molecule has 2 rings (SSSR count). The van der Waals surface area contributed by atoms with Crippen molar-refractivity contribution in [1.82, 2.24) is 5.32 Å². The maximum Gasteiger partial charge on any atom is 0.220 e. The van der Waals surface area contributed by atoms with Gasteiger partial charge in [-0.1, -0.05) is 207 Å². The summed E-state index contributed by atoms with van der Waals surface area (Å²) in [6.45, 7) is 2.65. The first-order chi connectivity index (χ1) is 37.1. The smallest absolute Gasteiger partial charge is 0.220 e. The minimum atomic E-state index is -1.79. The Bertz CT molecular complexity index is 1640. The van der Waals surface area contributed by atoms with Crippen molar-refractivity contribution in [3.63, 3.8) is 0 Å². The number of rotatable bonds is 45. The molecule has 0 aromatic rings. The average Bonchev–Trinajstić information content (AvgIpc) is 3.42. The molecule has 0 aromatic carbocycles. The summed E-state index contributed by atoms with van der Waals surface area (Å²) < 4.78 is 22.7. The monoisotopic (exact) mass is 1070 g/mol. The molecule has 0 radical (unpaired) electrons. The number of nitrogens with one attached hydrogen (secondary N) is 1. The topological polar surface area (TPSA) is 228 Å². The molecule has 2 aliphatic rings. The van der Waals surface area contributed by atoms with E-state index in [1.807, 2.05) is 6.08 Å². The molecule has 2 heterocycles. The number of hydrogen-bond acceptors (Lipinski definition) is 13. The van der Waals surface area contributed by atoms with E-state index in [2.05, 4.69) is 104 Å². The molecule has 9 N–H and O–H groups in total. The van der Waals surface area contributed by atoms with Crippen LogP contribution in [0, 0.1) is 0 Å². The maximum absolute atomic E-state index is 13.2. The number of unbranched alkanes of at least 4 members (excludes halogenated alkanes) is 18. The number of aliphatic hydroxyl groups is 8. The Balaban J connectivity index is 1.73. The van der Waals surface area contributed by atoms with Crippen molar-refractivity contribution in [1.29, 1.82) is 0 Å². The van der Waals surface area contributed by atoms with Gasteiger partial charge in [0.15, 0.2) is 12.6 Å². The van der Waals surface area contributed by atoms with Crippen LogP contribution in [0.15, 0.2) is 97.2 Å². The Labute approximate surface area is 458 Å². The summed E-state index contributed by atoms with van der Waals surface area (Å²) >= 11 is 0. The Hall–Kier alpha value is -3.09. The number of hydrogen-bond donors (Lipinski definition) is 9. The van der Waals surface area contributed by atoms with Gasteiger partial charge in [-0.2, -0.15) is 0 Å². The molecule has 1 amide bonds. The van der Waals surface area contributed by atoms with Gasteiger partial charge in [-0.15, -0.1) is 0 Å². The molecule has 2 fully saturated rings. The van der Waals surface area contributed by atoms with Crippen molar-refractivity contribution in [2.45, 2.75) is 267 Å². The average molecular weight is 1070 g/mol. The SMILES string of the molecule is CC/C=C\C/C=C\C/C=C\C/C=C\C/C=C\C/C=C\C/C=C\CCCCCCCCCC(=O)NC(COC1OC(CO)C(OC2OC(CO)C(O)C(O)C2O)C(O)C1O)C(O)/C=C/CCCCCCCCCCCCC. The molecule has 2 saturated heterocycles. The van der Waals surface area contributed by atoms with Gasteiger partial charge in [0.25, 0.3) is 0 Å². The lowest BCUT2D eigenvalue weighted by Crippen LogP contribution is -2.65. The largest absolute Gasteiger partial charge is 0.394 e. The zero-order chi connectivity index (χ0) is 55.3. The van der Waals surface area contributed by atoms with Gasteiger partial charge in [-0.25, -0.2) is 0 Å². The van der Waals surface area contributed by atoms with Gasteiger partial charge in [0.2, 0.25) is 5.91 Å². The number of aliphatic hydroxyl groups excluding tert-OH is 8.